The third-order valence-electron chi connectivity index (χ3n) is 15.4. The lowest BCUT2D eigenvalue weighted by atomic mass is 9.68. The highest BCUT2D eigenvalue weighted by molar-refractivity contribution is 6.24. The molecular formula is C67H40. The molecule has 0 aromatic heterocycles. The first-order valence-electron chi connectivity index (χ1n) is 23.5. The van der Waals surface area contributed by atoms with Gasteiger partial charge in [0.1, 0.15) is 0 Å². The van der Waals surface area contributed by atoms with E-state index < -0.39 is 5.41 Å². The van der Waals surface area contributed by atoms with E-state index in [2.05, 4.69) is 243 Å². The molecule has 15 rings (SSSR count). The van der Waals surface area contributed by atoms with Gasteiger partial charge in [0.25, 0.3) is 0 Å². The summed E-state index contributed by atoms with van der Waals surface area (Å²) in [4.78, 5) is 0. The van der Waals surface area contributed by atoms with E-state index in [1.165, 1.54) is 143 Å². The molecule has 0 N–H and O–H groups in total. The molecule has 2 aliphatic carbocycles. The van der Waals surface area contributed by atoms with Crippen LogP contribution in [0.25, 0.3) is 120 Å². The van der Waals surface area contributed by atoms with Crippen molar-refractivity contribution in [2.45, 2.75) is 5.41 Å². The van der Waals surface area contributed by atoms with Crippen molar-refractivity contribution in [3.05, 3.63) is 265 Å². The van der Waals surface area contributed by atoms with Crippen LogP contribution in [0.2, 0.25) is 0 Å². The van der Waals surface area contributed by atoms with Gasteiger partial charge in [-0.25, -0.2) is 0 Å². The Morgan fingerprint density at radius 3 is 1.21 bits per heavy atom. The van der Waals surface area contributed by atoms with Gasteiger partial charge in [-0.2, -0.15) is 0 Å². The molecule has 67 heavy (non-hydrogen) atoms. The average Bonchev–Trinajstić information content (AvgIpc) is 3.88. The van der Waals surface area contributed by atoms with Crippen molar-refractivity contribution in [2.75, 3.05) is 0 Å². The van der Waals surface area contributed by atoms with E-state index in [-0.39, 0.29) is 0 Å². The van der Waals surface area contributed by atoms with Crippen LogP contribution in [-0.2, 0) is 5.41 Å². The standard InChI is InChI=1S/C67H40/c1-2-18-44-39-45(38-33-41(44)17-1)63-54-27-9-7-25-52(54)62(53-26-8-10-28-55(53)63)43-36-34-42(35-37-43)58-40-59-64-51-24-6-3-19-46(51)47-20-4-12-30-57(47)66(64)67(65(59)56-29-11-5-21-48(56)58)60-31-15-13-22-49(60)50-23-14-16-32-61(50)67/h1-40H. The summed E-state index contributed by atoms with van der Waals surface area (Å²) in [7, 11) is 0. The lowest BCUT2D eigenvalue weighted by Gasteiger charge is -2.33. The fourth-order valence-electron chi connectivity index (χ4n) is 12.8. The molecule has 1 spiro atoms. The van der Waals surface area contributed by atoms with Gasteiger partial charge in [-0.3, -0.25) is 0 Å². The second kappa shape index (κ2) is 13.7. The van der Waals surface area contributed by atoms with Gasteiger partial charge in [0.05, 0.1) is 5.41 Å². The quantitative estimate of drug-likeness (QED) is 0.123. The van der Waals surface area contributed by atoms with E-state index in [0.717, 1.165) is 0 Å². The van der Waals surface area contributed by atoms with Gasteiger partial charge in [-0.1, -0.05) is 231 Å². The number of rotatable bonds is 3. The SMILES string of the molecule is c1ccc2c(c1)-c1ccccc1C21c2c(cc(-c3ccc(-c4c5ccccc5c(-c5ccc6ccccc6c5)c5ccccc45)cc3)c3ccccc23)-c2c1c1ccccc1c1ccccc21. The highest BCUT2D eigenvalue weighted by atomic mass is 14.5. The van der Waals surface area contributed by atoms with Crippen LogP contribution in [0.5, 0.6) is 0 Å². The number of hydrogen-bond acceptors (Lipinski definition) is 0. The molecule has 0 aliphatic heterocycles. The zero-order chi connectivity index (χ0) is 43.8. The lowest BCUT2D eigenvalue weighted by Crippen LogP contribution is -2.26. The Bertz CT molecular complexity index is 4160. The maximum Gasteiger partial charge on any atom is 0.0737 e. The fraction of sp³-hybridized carbons (Fsp3) is 0.0149. The topological polar surface area (TPSA) is 0 Å². The smallest absolute Gasteiger partial charge is 0.0619 e. The maximum atomic E-state index is 2.55. The summed E-state index contributed by atoms with van der Waals surface area (Å²) >= 11 is 0. The van der Waals surface area contributed by atoms with Crippen molar-refractivity contribution in [3.63, 3.8) is 0 Å². The molecular weight excluding hydrogens is 805 g/mol. The number of hydrogen-bond donors (Lipinski definition) is 0. The number of benzene rings is 13. The Labute approximate surface area is 388 Å². The van der Waals surface area contributed by atoms with Crippen molar-refractivity contribution in [3.8, 4) is 55.6 Å². The summed E-state index contributed by atoms with van der Waals surface area (Å²) in [5, 5.41) is 15.4. The molecule has 0 heterocycles. The summed E-state index contributed by atoms with van der Waals surface area (Å²) in [6.07, 6.45) is 0. The van der Waals surface area contributed by atoms with Crippen LogP contribution in [0.3, 0.4) is 0 Å². The molecule has 0 saturated carbocycles. The molecule has 0 nitrogen and oxygen atoms in total. The van der Waals surface area contributed by atoms with E-state index >= 15 is 0 Å². The zero-order valence-corrected chi connectivity index (χ0v) is 36.6. The second-order valence-electron chi connectivity index (χ2n) is 18.6. The van der Waals surface area contributed by atoms with Crippen LogP contribution < -0.4 is 0 Å². The normalized spacial score (nSPS) is 13.2. The third-order valence-corrected chi connectivity index (χ3v) is 15.4. The number of fused-ring (bicyclic) bond motifs is 20. The van der Waals surface area contributed by atoms with E-state index in [1.54, 1.807) is 0 Å². The molecule has 0 radical (unpaired) electrons. The van der Waals surface area contributed by atoms with E-state index in [9.17, 15) is 0 Å². The fourth-order valence-corrected chi connectivity index (χ4v) is 12.8. The molecule has 13 aromatic rings. The minimum atomic E-state index is -0.509. The first kappa shape index (κ1) is 36.7. The summed E-state index contributed by atoms with van der Waals surface area (Å²) in [5.74, 6) is 0. The highest BCUT2D eigenvalue weighted by Gasteiger charge is 2.54. The second-order valence-corrected chi connectivity index (χ2v) is 18.6. The van der Waals surface area contributed by atoms with Crippen LogP contribution in [0.15, 0.2) is 243 Å². The Kier molecular flexibility index (Phi) is 7.52. The van der Waals surface area contributed by atoms with E-state index in [4.69, 9.17) is 0 Å². The van der Waals surface area contributed by atoms with E-state index in [0.29, 0.717) is 0 Å². The van der Waals surface area contributed by atoms with Gasteiger partial charge in [0.2, 0.25) is 0 Å². The molecule has 2 aliphatic rings. The third kappa shape index (κ3) is 4.86. The summed E-state index contributed by atoms with van der Waals surface area (Å²) < 4.78 is 0. The molecule has 0 atom stereocenters. The predicted molar refractivity (Wildman–Crippen MR) is 284 cm³/mol. The summed E-state index contributed by atoms with van der Waals surface area (Å²) in [6, 6.07) is 91.4. The van der Waals surface area contributed by atoms with Crippen LogP contribution in [-0.4, -0.2) is 0 Å². The minimum absolute atomic E-state index is 0.509. The van der Waals surface area contributed by atoms with Gasteiger partial charge in [0, 0.05) is 0 Å². The lowest BCUT2D eigenvalue weighted by molar-refractivity contribution is 0.809. The molecule has 0 unspecified atom stereocenters. The molecule has 0 bridgehead atoms. The first-order valence-corrected chi connectivity index (χ1v) is 23.5. The van der Waals surface area contributed by atoms with Crippen molar-refractivity contribution >= 4 is 64.6 Å². The molecule has 308 valence electrons. The summed E-state index contributed by atoms with van der Waals surface area (Å²) in [5.41, 5.74) is 17.8. The molecule has 0 heteroatoms. The monoisotopic (exact) mass is 844 g/mol. The van der Waals surface area contributed by atoms with Crippen LogP contribution in [0.4, 0.5) is 0 Å². The average molecular weight is 845 g/mol. The Balaban J connectivity index is 0.993. The first-order chi connectivity index (χ1) is 33.3. The summed E-state index contributed by atoms with van der Waals surface area (Å²) in [6.45, 7) is 0. The highest BCUT2D eigenvalue weighted by Crippen LogP contribution is 2.67. The molecule has 13 aromatic carbocycles. The van der Waals surface area contributed by atoms with Crippen LogP contribution in [0, 0.1) is 0 Å². The largest absolute Gasteiger partial charge is 0.0737 e. The van der Waals surface area contributed by atoms with Gasteiger partial charge >= 0.3 is 0 Å². The Morgan fingerprint density at radius 1 is 0.209 bits per heavy atom. The van der Waals surface area contributed by atoms with Gasteiger partial charge in [0.15, 0.2) is 0 Å². The minimum Gasteiger partial charge on any atom is -0.0619 e. The maximum absolute atomic E-state index is 2.55. The van der Waals surface area contributed by atoms with E-state index in [1.807, 2.05) is 0 Å². The Hall–Kier alpha value is -8.58. The van der Waals surface area contributed by atoms with Crippen molar-refractivity contribution in [2.24, 2.45) is 0 Å². The van der Waals surface area contributed by atoms with Gasteiger partial charge in [-0.15, -0.1) is 0 Å². The predicted octanol–water partition coefficient (Wildman–Crippen LogP) is 18.0. The van der Waals surface area contributed by atoms with Gasteiger partial charge < -0.3 is 0 Å². The Morgan fingerprint density at radius 2 is 0.612 bits per heavy atom. The molecule has 0 amide bonds. The van der Waals surface area contributed by atoms with Crippen molar-refractivity contribution in [1.82, 2.24) is 0 Å². The molecule has 0 saturated heterocycles. The van der Waals surface area contributed by atoms with Crippen LogP contribution >= 0.6 is 0 Å². The van der Waals surface area contributed by atoms with Gasteiger partial charge in [-0.05, 0) is 155 Å². The molecule has 0 fully saturated rings. The van der Waals surface area contributed by atoms with Crippen LogP contribution in [0.1, 0.15) is 22.3 Å². The van der Waals surface area contributed by atoms with Crippen molar-refractivity contribution < 1.29 is 0 Å². The van der Waals surface area contributed by atoms with Crippen molar-refractivity contribution in [1.29, 1.82) is 0 Å². The zero-order valence-electron chi connectivity index (χ0n) is 36.6.